The topological polar surface area (TPSA) is 41.1 Å². The zero-order valence-electron chi connectivity index (χ0n) is 20.8. The minimum atomic E-state index is 0.812. The van der Waals surface area contributed by atoms with Gasteiger partial charge in [0, 0.05) is 19.5 Å². The lowest BCUT2D eigenvalue weighted by Gasteiger charge is -2.25. The standard InChI is InChI=1S/C14H27N.C11H13N3.C2H6/c1-3-7-13(8-4-1)11-15-12-14-9-5-2-6-10-14;1-8-12-10-7-5-4-6-9(10)11(13-8)14(2)3;1-2/h13-15H,1-12H2;4-7H,1-3H3;1-2H3. The first-order valence-corrected chi connectivity index (χ1v) is 12.7. The van der Waals surface area contributed by atoms with Crippen molar-refractivity contribution in [3.63, 3.8) is 0 Å². The Bertz CT molecular complexity index is 713. The molecule has 2 saturated carbocycles. The number of nitrogens with one attached hydrogen (secondary N) is 1. The molecule has 0 bridgehead atoms. The average molecular weight is 427 g/mol. The summed E-state index contributed by atoms with van der Waals surface area (Å²) in [4.78, 5) is 10.8. The smallest absolute Gasteiger partial charge is 0.139 e. The number of rotatable bonds is 5. The fraction of sp³-hybridized carbons (Fsp3) is 0.704. The van der Waals surface area contributed by atoms with E-state index in [-0.39, 0.29) is 0 Å². The summed E-state index contributed by atoms with van der Waals surface area (Å²) in [7, 11) is 3.99. The summed E-state index contributed by atoms with van der Waals surface area (Å²) in [6.07, 6.45) is 14.8. The normalized spacial score (nSPS) is 17.3. The monoisotopic (exact) mass is 426 g/mol. The highest BCUT2D eigenvalue weighted by molar-refractivity contribution is 5.89. The van der Waals surface area contributed by atoms with Gasteiger partial charge in [0.15, 0.2) is 0 Å². The summed E-state index contributed by atoms with van der Waals surface area (Å²) in [6, 6.07) is 8.06. The van der Waals surface area contributed by atoms with E-state index in [4.69, 9.17) is 0 Å². The van der Waals surface area contributed by atoms with Crippen molar-refractivity contribution in [2.24, 2.45) is 11.8 Å². The van der Waals surface area contributed by atoms with E-state index in [2.05, 4.69) is 15.3 Å². The molecular weight excluding hydrogens is 380 g/mol. The van der Waals surface area contributed by atoms with E-state index < -0.39 is 0 Å². The Kier molecular flexibility index (Phi) is 11.9. The van der Waals surface area contributed by atoms with Crippen LogP contribution in [0.1, 0.15) is 83.9 Å². The molecule has 0 radical (unpaired) electrons. The van der Waals surface area contributed by atoms with Gasteiger partial charge in [0.2, 0.25) is 0 Å². The third-order valence-electron chi connectivity index (χ3n) is 6.43. The van der Waals surface area contributed by atoms with Crippen molar-refractivity contribution in [2.45, 2.75) is 85.0 Å². The Morgan fingerprint density at radius 1 is 0.806 bits per heavy atom. The summed E-state index contributed by atoms with van der Waals surface area (Å²) in [5.74, 6) is 3.80. The average Bonchev–Trinajstić information content (AvgIpc) is 2.81. The van der Waals surface area contributed by atoms with E-state index >= 15 is 0 Å². The lowest BCUT2D eigenvalue weighted by atomic mass is 9.87. The molecule has 0 atom stereocenters. The lowest BCUT2D eigenvalue weighted by Crippen LogP contribution is -2.30. The van der Waals surface area contributed by atoms with Crippen LogP contribution >= 0.6 is 0 Å². The molecular formula is C27H46N4. The summed E-state index contributed by atoms with van der Waals surface area (Å²) < 4.78 is 0. The number of aryl methyl sites for hydroxylation is 1. The van der Waals surface area contributed by atoms with Crippen molar-refractivity contribution in [3.05, 3.63) is 30.1 Å². The first kappa shape index (κ1) is 25.6. The number of hydrogen-bond acceptors (Lipinski definition) is 4. The maximum Gasteiger partial charge on any atom is 0.139 e. The number of hydrogen-bond donors (Lipinski definition) is 1. The third-order valence-corrected chi connectivity index (χ3v) is 6.43. The molecule has 4 rings (SSSR count). The van der Waals surface area contributed by atoms with Gasteiger partial charge in [-0.1, -0.05) is 64.5 Å². The minimum absolute atomic E-state index is 0.812. The maximum absolute atomic E-state index is 4.42. The summed E-state index contributed by atoms with van der Waals surface area (Å²) >= 11 is 0. The van der Waals surface area contributed by atoms with Crippen LogP contribution < -0.4 is 10.2 Å². The molecule has 4 heteroatoms. The molecule has 0 unspecified atom stereocenters. The van der Waals surface area contributed by atoms with Crippen molar-refractivity contribution in [2.75, 3.05) is 32.1 Å². The van der Waals surface area contributed by atoms with Crippen LogP contribution in [0.4, 0.5) is 5.82 Å². The van der Waals surface area contributed by atoms with Gasteiger partial charge in [-0.3, -0.25) is 0 Å². The van der Waals surface area contributed by atoms with Gasteiger partial charge in [-0.25, -0.2) is 9.97 Å². The van der Waals surface area contributed by atoms with E-state index in [1.165, 1.54) is 77.3 Å². The summed E-state index contributed by atoms with van der Waals surface area (Å²) in [5.41, 5.74) is 1.00. The highest BCUT2D eigenvalue weighted by Crippen LogP contribution is 2.25. The Hall–Kier alpha value is -1.68. The van der Waals surface area contributed by atoms with Crippen molar-refractivity contribution >= 4 is 16.7 Å². The van der Waals surface area contributed by atoms with Crippen molar-refractivity contribution in [1.82, 2.24) is 15.3 Å². The SMILES string of the molecule is C1CCC(CNCC2CCCCC2)CC1.CC.Cc1nc(N(C)C)c2ccccc2n1. The predicted octanol–water partition coefficient (Wildman–Crippen LogP) is 6.77. The molecule has 1 aromatic carbocycles. The van der Waals surface area contributed by atoms with Gasteiger partial charge in [-0.05, 0) is 69.7 Å². The van der Waals surface area contributed by atoms with Crippen LogP contribution in [0.2, 0.25) is 0 Å². The van der Waals surface area contributed by atoms with Crippen molar-refractivity contribution in [3.8, 4) is 0 Å². The molecule has 1 aromatic heterocycles. The number of anilines is 1. The van der Waals surface area contributed by atoms with E-state index in [9.17, 15) is 0 Å². The van der Waals surface area contributed by atoms with Gasteiger partial charge in [0.05, 0.1) is 5.52 Å². The fourth-order valence-electron chi connectivity index (χ4n) is 4.79. The molecule has 0 aliphatic heterocycles. The third kappa shape index (κ3) is 8.76. The van der Waals surface area contributed by atoms with E-state index in [0.29, 0.717) is 0 Å². The van der Waals surface area contributed by atoms with Gasteiger partial charge in [0.1, 0.15) is 11.6 Å². The number of benzene rings is 1. The number of fused-ring (bicyclic) bond motifs is 1. The Morgan fingerprint density at radius 2 is 1.32 bits per heavy atom. The molecule has 2 aliphatic carbocycles. The van der Waals surface area contributed by atoms with Gasteiger partial charge in [-0.15, -0.1) is 0 Å². The molecule has 2 aliphatic rings. The van der Waals surface area contributed by atoms with Gasteiger partial charge in [0.25, 0.3) is 0 Å². The van der Waals surface area contributed by atoms with Crippen LogP contribution in [-0.4, -0.2) is 37.2 Å². The molecule has 0 saturated heterocycles. The Balaban J connectivity index is 0.000000204. The molecule has 0 amide bonds. The quantitative estimate of drug-likeness (QED) is 0.573. The zero-order valence-corrected chi connectivity index (χ0v) is 20.8. The largest absolute Gasteiger partial charge is 0.362 e. The molecule has 1 N–H and O–H groups in total. The van der Waals surface area contributed by atoms with Crippen LogP contribution in [0.3, 0.4) is 0 Å². The Labute approximate surface area is 191 Å². The number of aromatic nitrogens is 2. The van der Waals surface area contributed by atoms with Crippen LogP contribution in [0.25, 0.3) is 10.9 Å². The van der Waals surface area contributed by atoms with E-state index in [1.807, 2.05) is 64.0 Å². The molecule has 174 valence electrons. The van der Waals surface area contributed by atoms with Gasteiger partial charge < -0.3 is 10.2 Å². The second-order valence-electron chi connectivity index (χ2n) is 9.17. The number of para-hydroxylation sites is 1. The van der Waals surface area contributed by atoms with Gasteiger partial charge >= 0.3 is 0 Å². The Morgan fingerprint density at radius 3 is 1.84 bits per heavy atom. The fourth-order valence-corrected chi connectivity index (χ4v) is 4.79. The molecule has 2 fully saturated rings. The zero-order chi connectivity index (χ0) is 22.5. The van der Waals surface area contributed by atoms with Crippen molar-refractivity contribution in [1.29, 1.82) is 0 Å². The predicted molar refractivity (Wildman–Crippen MR) is 136 cm³/mol. The van der Waals surface area contributed by atoms with E-state index in [1.54, 1.807) is 0 Å². The highest BCUT2D eigenvalue weighted by atomic mass is 15.1. The second-order valence-corrected chi connectivity index (χ2v) is 9.17. The van der Waals surface area contributed by atoms with Crippen LogP contribution in [0, 0.1) is 18.8 Å². The minimum Gasteiger partial charge on any atom is -0.362 e. The first-order chi connectivity index (χ1) is 15.1. The highest BCUT2D eigenvalue weighted by Gasteiger charge is 2.15. The molecule has 4 nitrogen and oxygen atoms in total. The molecule has 31 heavy (non-hydrogen) atoms. The second kappa shape index (κ2) is 14.4. The van der Waals surface area contributed by atoms with Crippen LogP contribution in [0.15, 0.2) is 24.3 Å². The number of nitrogens with zero attached hydrogens (tertiary/aromatic N) is 3. The van der Waals surface area contributed by atoms with E-state index in [0.717, 1.165) is 34.4 Å². The van der Waals surface area contributed by atoms with Crippen LogP contribution in [-0.2, 0) is 0 Å². The summed E-state index contributed by atoms with van der Waals surface area (Å²) in [6.45, 7) is 8.52. The molecule has 2 aromatic rings. The molecule has 1 heterocycles. The maximum atomic E-state index is 4.42. The first-order valence-electron chi connectivity index (χ1n) is 12.7. The van der Waals surface area contributed by atoms with Crippen molar-refractivity contribution < 1.29 is 0 Å². The summed E-state index contributed by atoms with van der Waals surface area (Å²) in [5, 5.41) is 4.82. The van der Waals surface area contributed by atoms with Crippen LogP contribution in [0.5, 0.6) is 0 Å². The van der Waals surface area contributed by atoms with Gasteiger partial charge in [-0.2, -0.15) is 0 Å². The lowest BCUT2D eigenvalue weighted by molar-refractivity contribution is 0.305. The molecule has 0 spiro atoms.